The zero-order valence-electron chi connectivity index (χ0n) is 12.8. The van der Waals surface area contributed by atoms with Gasteiger partial charge in [0.25, 0.3) is 0 Å². The van der Waals surface area contributed by atoms with Gasteiger partial charge in [-0.3, -0.25) is 0 Å². The van der Waals surface area contributed by atoms with Gasteiger partial charge in [0, 0.05) is 5.56 Å². The van der Waals surface area contributed by atoms with E-state index >= 15 is 0 Å². The van der Waals surface area contributed by atoms with Gasteiger partial charge in [0.1, 0.15) is 21.9 Å². The molecular weight excluding hydrogens is 273 g/mol. The van der Waals surface area contributed by atoms with Crippen molar-refractivity contribution < 1.29 is 8.94 Å². The molecule has 0 aliphatic heterocycles. The summed E-state index contributed by atoms with van der Waals surface area (Å²) in [5, 5.41) is 0. The molecule has 0 spiro atoms. The summed E-state index contributed by atoms with van der Waals surface area (Å²) in [7, 11) is 0. The van der Waals surface area contributed by atoms with Crippen molar-refractivity contribution >= 4 is 17.1 Å². The van der Waals surface area contributed by atoms with E-state index in [0.717, 1.165) is 18.4 Å². The van der Waals surface area contributed by atoms with Gasteiger partial charge in [-0.1, -0.05) is 29.5 Å². The summed E-state index contributed by atoms with van der Waals surface area (Å²) in [4.78, 5) is 0. The zero-order chi connectivity index (χ0) is 15.1. The van der Waals surface area contributed by atoms with E-state index in [4.69, 9.17) is 0 Å². The Morgan fingerprint density at radius 2 is 1.95 bits per heavy atom. The van der Waals surface area contributed by atoms with Crippen LogP contribution >= 0.6 is 0 Å². The number of rotatable bonds is 3. The highest BCUT2D eigenvalue weighted by Crippen LogP contribution is 2.48. The lowest BCUT2D eigenvalue weighted by Gasteiger charge is -2.19. The smallest absolute Gasteiger partial charge is 0.144 e. The molecular formula is C16H22FNOS. The van der Waals surface area contributed by atoms with E-state index in [9.17, 15) is 8.94 Å². The summed E-state index contributed by atoms with van der Waals surface area (Å²) in [5.74, 6) is -0.209. The van der Waals surface area contributed by atoms with Crippen molar-refractivity contribution in [1.29, 1.82) is 0 Å². The minimum Gasteiger partial charge on any atom is -0.591 e. The molecule has 0 aromatic heterocycles. The van der Waals surface area contributed by atoms with Gasteiger partial charge < -0.3 is 4.55 Å². The van der Waals surface area contributed by atoms with Crippen LogP contribution in [0, 0.1) is 5.82 Å². The standard InChI is InChI=1S/C16H22FNOS/c1-11(18-20(19)15(2,3)4)12-7-6-8-13(14(12)17)16(5)9-10-16/h6-8H,9-10H2,1-5H3/t20-/m0/s1. The van der Waals surface area contributed by atoms with Crippen LogP contribution in [-0.2, 0) is 16.8 Å². The van der Waals surface area contributed by atoms with Gasteiger partial charge in [0.05, 0.1) is 5.71 Å². The Morgan fingerprint density at radius 1 is 1.35 bits per heavy atom. The predicted octanol–water partition coefficient (Wildman–Crippen LogP) is 4.15. The van der Waals surface area contributed by atoms with E-state index in [1.165, 1.54) is 0 Å². The first-order chi connectivity index (χ1) is 9.15. The van der Waals surface area contributed by atoms with E-state index in [2.05, 4.69) is 11.3 Å². The third kappa shape index (κ3) is 3.07. The molecule has 0 amide bonds. The van der Waals surface area contributed by atoms with Crippen molar-refractivity contribution in [1.82, 2.24) is 0 Å². The first kappa shape index (κ1) is 15.5. The second kappa shape index (κ2) is 5.15. The van der Waals surface area contributed by atoms with Crippen LogP contribution in [0.15, 0.2) is 22.6 Å². The normalized spacial score (nSPS) is 19.9. The Hall–Kier alpha value is -0.870. The van der Waals surface area contributed by atoms with Crippen molar-refractivity contribution in [3.05, 3.63) is 35.1 Å². The number of halogens is 1. The fourth-order valence-corrected chi connectivity index (χ4v) is 2.67. The Labute approximate surface area is 123 Å². The fraction of sp³-hybridized carbons (Fsp3) is 0.562. The average Bonchev–Trinajstić information content (AvgIpc) is 3.07. The Bertz CT molecular complexity index is 544. The van der Waals surface area contributed by atoms with Crippen LogP contribution in [0.2, 0.25) is 0 Å². The van der Waals surface area contributed by atoms with Crippen molar-refractivity contribution in [2.24, 2.45) is 4.40 Å². The molecule has 4 heteroatoms. The third-order valence-corrected chi connectivity index (χ3v) is 5.27. The molecule has 20 heavy (non-hydrogen) atoms. The monoisotopic (exact) mass is 295 g/mol. The summed E-state index contributed by atoms with van der Waals surface area (Å²) < 4.78 is 30.4. The summed E-state index contributed by atoms with van der Waals surface area (Å²) in [6.45, 7) is 9.38. The molecule has 0 heterocycles. The lowest BCUT2D eigenvalue weighted by molar-refractivity contribution is 0.561. The molecule has 1 aromatic rings. The van der Waals surface area contributed by atoms with Crippen LogP contribution in [0.1, 0.15) is 58.6 Å². The van der Waals surface area contributed by atoms with Crippen LogP contribution in [0.3, 0.4) is 0 Å². The van der Waals surface area contributed by atoms with Gasteiger partial charge in [-0.2, -0.15) is 0 Å². The Balaban J connectivity index is 2.36. The van der Waals surface area contributed by atoms with Crippen LogP contribution in [0.25, 0.3) is 0 Å². The van der Waals surface area contributed by atoms with Gasteiger partial charge in [0.2, 0.25) is 0 Å². The largest absolute Gasteiger partial charge is 0.591 e. The minimum absolute atomic E-state index is 0.0243. The number of benzene rings is 1. The SMILES string of the molecule is CC(=N[S@@+]([O-])C(C)(C)C)c1cccc(C2(C)CC2)c1F. The first-order valence-corrected chi connectivity index (χ1v) is 8.02. The highest BCUT2D eigenvalue weighted by atomic mass is 32.2. The topological polar surface area (TPSA) is 35.4 Å². The number of hydrogen-bond acceptors (Lipinski definition) is 2. The van der Waals surface area contributed by atoms with Crippen LogP contribution < -0.4 is 0 Å². The fourth-order valence-electron chi connectivity index (χ4n) is 2.04. The van der Waals surface area contributed by atoms with Crippen molar-refractivity contribution in [2.75, 3.05) is 0 Å². The lowest BCUT2D eigenvalue weighted by atomic mass is 9.94. The van der Waals surface area contributed by atoms with Crippen LogP contribution in [0.4, 0.5) is 4.39 Å². The van der Waals surface area contributed by atoms with E-state index in [0.29, 0.717) is 11.3 Å². The van der Waals surface area contributed by atoms with Crippen LogP contribution in [0.5, 0.6) is 0 Å². The van der Waals surface area contributed by atoms with Crippen molar-refractivity contribution in [2.45, 2.75) is 57.6 Å². The van der Waals surface area contributed by atoms with E-state index in [-0.39, 0.29) is 11.2 Å². The molecule has 0 radical (unpaired) electrons. The predicted molar refractivity (Wildman–Crippen MR) is 83.1 cm³/mol. The number of nitrogens with zero attached hydrogens (tertiary/aromatic N) is 1. The highest BCUT2D eigenvalue weighted by Gasteiger charge is 2.41. The zero-order valence-corrected chi connectivity index (χ0v) is 13.6. The van der Waals surface area contributed by atoms with Gasteiger partial charge in [-0.25, -0.2) is 4.39 Å². The molecule has 1 saturated carbocycles. The summed E-state index contributed by atoms with van der Waals surface area (Å²) in [5.41, 5.74) is 1.70. The number of hydrogen-bond donors (Lipinski definition) is 0. The van der Waals surface area contributed by atoms with Gasteiger partial charge in [-0.15, -0.1) is 0 Å². The molecule has 1 aliphatic rings. The molecule has 0 saturated heterocycles. The molecule has 0 N–H and O–H groups in total. The van der Waals surface area contributed by atoms with E-state index < -0.39 is 16.1 Å². The second-order valence-corrected chi connectivity index (χ2v) is 8.67. The van der Waals surface area contributed by atoms with E-state index in [1.54, 1.807) is 13.0 Å². The summed E-state index contributed by atoms with van der Waals surface area (Å²) >= 11 is -1.37. The minimum atomic E-state index is -1.37. The molecule has 0 bridgehead atoms. The van der Waals surface area contributed by atoms with Crippen molar-refractivity contribution in [3.63, 3.8) is 0 Å². The maximum atomic E-state index is 14.6. The molecule has 1 aliphatic carbocycles. The van der Waals surface area contributed by atoms with Gasteiger partial charge >= 0.3 is 0 Å². The highest BCUT2D eigenvalue weighted by molar-refractivity contribution is 7.91. The molecule has 1 aromatic carbocycles. The quantitative estimate of drug-likeness (QED) is 0.609. The summed E-state index contributed by atoms with van der Waals surface area (Å²) in [6, 6.07) is 5.42. The first-order valence-electron chi connectivity index (χ1n) is 6.92. The molecule has 1 atom stereocenters. The molecule has 1 fully saturated rings. The van der Waals surface area contributed by atoms with Crippen LogP contribution in [-0.4, -0.2) is 15.0 Å². The van der Waals surface area contributed by atoms with E-state index in [1.807, 2.05) is 32.9 Å². The summed E-state index contributed by atoms with van der Waals surface area (Å²) in [6.07, 6.45) is 2.05. The van der Waals surface area contributed by atoms with Gasteiger partial charge in [-0.05, 0) is 51.5 Å². The molecule has 110 valence electrons. The van der Waals surface area contributed by atoms with Crippen molar-refractivity contribution in [3.8, 4) is 0 Å². The Morgan fingerprint density at radius 3 is 2.45 bits per heavy atom. The Kier molecular flexibility index (Phi) is 4.00. The average molecular weight is 295 g/mol. The maximum absolute atomic E-state index is 14.6. The molecule has 0 unspecified atom stereocenters. The third-order valence-electron chi connectivity index (χ3n) is 3.78. The van der Waals surface area contributed by atoms with Gasteiger partial charge in [0.15, 0.2) is 0 Å². The maximum Gasteiger partial charge on any atom is 0.144 e. The second-order valence-electron chi connectivity index (χ2n) is 6.77. The molecule has 2 rings (SSSR count). The molecule has 2 nitrogen and oxygen atoms in total. The lowest BCUT2D eigenvalue weighted by Crippen LogP contribution is -2.27.